The van der Waals surface area contributed by atoms with Crippen LogP contribution < -0.4 is 5.32 Å². The van der Waals surface area contributed by atoms with Crippen LogP contribution in [0.15, 0.2) is 24.3 Å². The standard InChI is InChI=1S/C17H26N2O2/c1-4-21-17(20)16(18-13(2)3)9-10-19-11-14-7-5-6-8-15(14)12-19/h5-8,13,16,18H,4,9-12H2,1-3H3. The summed E-state index contributed by atoms with van der Waals surface area (Å²) in [4.78, 5) is 14.4. The minimum Gasteiger partial charge on any atom is -0.465 e. The molecule has 116 valence electrons. The highest BCUT2D eigenvalue weighted by Gasteiger charge is 2.23. The van der Waals surface area contributed by atoms with Crippen molar-refractivity contribution in [2.24, 2.45) is 0 Å². The van der Waals surface area contributed by atoms with E-state index in [0.29, 0.717) is 6.61 Å². The van der Waals surface area contributed by atoms with Crippen LogP contribution in [0.2, 0.25) is 0 Å². The average molecular weight is 290 g/mol. The summed E-state index contributed by atoms with van der Waals surface area (Å²) in [5.74, 6) is -0.136. The number of rotatable bonds is 7. The lowest BCUT2D eigenvalue weighted by Crippen LogP contribution is -2.43. The number of hydrogen-bond donors (Lipinski definition) is 1. The number of ether oxygens (including phenoxy) is 1. The average Bonchev–Trinajstić information content (AvgIpc) is 2.86. The summed E-state index contributed by atoms with van der Waals surface area (Å²) in [5.41, 5.74) is 2.81. The molecule has 0 amide bonds. The monoisotopic (exact) mass is 290 g/mol. The molecule has 0 fully saturated rings. The van der Waals surface area contributed by atoms with E-state index in [1.165, 1.54) is 11.1 Å². The number of fused-ring (bicyclic) bond motifs is 1. The summed E-state index contributed by atoms with van der Waals surface area (Å²) in [6, 6.07) is 8.60. The lowest BCUT2D eigenvalue weighted by Gasteiger charge is -2.22. The Balaban J connectivity index is 1.86. The highest BCUT2D eigenvalue weighted by atomic mass is 16.5. The maximum Gasteiger partial charge on any atom is 0.323 e. The van der Waals surface area contributed by atoms with Gasteiger partial charge in [-0.25, -0.2) is 0 Å². The molecule has 1 atom stereocenters. The van der Waals surface area contributed by atoms with Gasteiger partial charge in [0.1, 0.15) is 6.04 Å². The van der Waals surface area contributed by atoms with E-state index >= 15 is 0 Å². The van der Waals surface area contributed by atoms with Crippen LogP contribution in [-0.4, -0.2) is 36.1 Å². The molecule has 0 bridgehead atoms. The summed E-state index contributed by atoms with van der Waals surface area (Å²) in [6.07, 6.45) is 0.783. The van der Waals surface area contributed by atoms with Crippen molar-refractivity contribution in [1.82, 2.24) is 10.2 Å². The maximum atomic E-state index is 12.0. The highest BCUT2D eigenvalue weighted by molar-refractivity contribution is 5.75. The second kappa shape index (κ2) is 7.57. The third kappa shape index (κ3) is 4.55. The van der Waals surface area contributed by atoms with Crippen LogP contribution in [0.4, 0.5) is 0 Å². The van der Waals surface area contributed by atoms with Crippen LogP contribution in [0.1, 0.15) is 38.3 Å². The topological polar surface area (TPSA) is 41.6 Å². The van der Waals surface area contributed by atoms with Crippen LogP contribution >= 0.6 is 0 Å². The molecule has 0 aliphatic carbocycles. The van der Waals surface area contributed by atoms with Gasteiger partial charge in [0.2, 0.25) is 0 Å². The van der Waals surface area contributed by atoms with Crippen molar-refractivity contribution >= 4 is 5.97 Å². The van der Waals surface area contributed by atoms with Gasteiger partial charge in [-0.15, -0.1) is 0 Å². The Morgan fingerprint density at radius 3 is 2.43 bits per heavy atom. The number of nitrogens with zero attached hydrogens (tertiary/aromatic N) is 1. The summed E-state index contributed by atoms with van der Waals surface area (Å²) < 4.78 is 5.16. The first-order chi connectivity index (χ1) is 10.1. The molecule has 4 heteroatoms. The molecule has 1 heterocycles. The van der Waals surface area contributed by atoms with E-state index in [0.717, 1.165) is 26.1 Å². The van der Waals surface area contributed by atoms with E-state index < -0.39 is 0 Å². The largest absolute Gasteiger partial charge is 0.465 e. The number of nitrogens with one attached hydrogen (secondary N) is 1. The van der Waals surface area contributed by atoms with Crippen LogP contribution in [0.3, 0.4) is 0 Å². The zero-order chi connectivity index (χ0) is 15.2. The Kier molecular flexibility index (Phi) is 5.76. The summed E-state index contributed by atoms with van der Waals surface area (Å²) >= 11 is 0. The van der Waals surface area contributed by atoms with Gasteiger partial charge in [0.25, 0.3) is 0 Å². The minimum atomic E-state index is -0.214. The van der Waals surface area contributed by atoms with Gasteiger partial charge < -0.3 is 10.1 Å². The molecule has 1 aliphatic heterocycles. The van der Waals surface area contributed by atoms with E-state index in [1.54, 1.807) is 0 Å². The Morgan fingerprint density at radius 1 is 1.29 bits per heavy atom. The number of esters is 1. The number of carbonyl (C=O) groups excluding carboxylic acids is 1. The molecule has 0 aromatic heterocycles. The van der Waals surface area contributed by atoms with Crippen molar-refractivity contribution in [2.45, 2.75) is 52.4 Å². The van der Waals surface area contributed by atoms with Gasteiger partial charge in [0.05, 0.1) is 6.61 Å². The molecule has 4 nitrogen and oxygen atoms in total. The van der Waals surface area contributed by atoms with E-state index in [2.05, 4.69) is 48.3 Å². The molecule has 1 aromatic carbocycles. The maximum absolute atomic E-state index is 12.0. The minimum absolute atomic E-state index is 0.136. The highest BCUT2D eigenvalue weighted by Crippen LogP contribution is 2.22. The van der Waals surface area contributed by atoms with Crippen LogP contribution in [-0.2, 0) is 22.6 Å². The summed E-state index contributed by atoms with van der Waals surface area (Å²) in [6.45, 7) is 9.25. The van der Waals surface area contributed by atoms with Crippen molar-refractivity contribution in [1.29, 1.82) is 0 Å². The molecule has 2 rings (SSSR count). The first kappa shape index (κ1) is 16.0. The van der Waals surface area contributed by atoms with Crippen LogP contribution in [0.5, 0.6) is 0 Å². The van der Waals surface area contributed by atoms with Crippen molar-refractivity contribution in [3.8, 4) is 0 Å². The van der Waals surface area contributed by atoms with Gasteiger partial charge in [0, 0.05) is 25.7 Å². The predicted octanol–water partition coefficient (Wildman–Crippen LogP) is 2.32. The fraction of sp³-hybridized carbons (Fsp3) is 0.588. The number of hydrogen-bond acceptors (Lipinski definition) is 4. The Hall–Kier alpha value is -1.39. The van der Waals surface area contributed by atoms with E-state index in [1.807, 2.05) is 6.92 Å². The predicted molar refractivity (Wildman–Crippen MR) is 83.9 cm³/mol. The SMILES string of the molecule is CCOC(=O)C(CCN1Cc2ccccc2C1)NC(C)C. The Morgan fingerprint density at radius 2 is 1.90 bits per heavy atom. The molecular weight excluding hydrogens is 264 g/mol. The molecule has 0 saturated carbocycles. The van der Waals surface area contributed by atoms with E-state index in [9.17, 15) is 4.79 Å². The fourth-order valence-corrected chi connectivity index (χ4v) is 2.79. The van der Waals surface area contributed by atoms with E-state index in [4.69, 9.17) is 4.74 Å². The van der Waals surface area contributed by atoms with Gasteiger partial charge in [-0.3, -0.25) is 9.69 Å². The van der Waals surface area contributed by atoms with Gasteiger partial charge >= 0.3 is 5.97 Å². The second-order valence-corrected chi connectivity index (χ2v) is 5.89. The lowest BCUT2D eigenvalue weighted by molar-refractivity contribution is -0.146. The summed E-state index contributed by atoms with van der Waals surface area (Å²) in [5, 5.41) is 3.31. The normalized spacial score (nSPS) is 16.0. The number of benzene rings is 1. The molecular formula is C17H26N2O2. The molecule has 1 aromatic rings. The third-order valence-corrected chi connectivity index (χ3v) is 3.75. The van der Waals surface area contributed by atoms with Crippen molar-refractivity contribution < 1.29 is 9.53 Å². The van der Waals surface area contributed by atoms with Crippen LogP contribution in [0.25, 0.3) is 0 Å². The molecule has 0 spiro atoms. The van der Waals surface area contributed by atoms with Crippen molar-refractivity contribution in [3.05, 3.63) is 35.4 Å². The first-order valence-electron chi connectivity index (χ1n) is 7.82. The quantitative estimate of drug-likeness (QED) is 0.783. The second-order valence-electron chi connectivity index (χ2n) is 5.89. The molecule has 1 unspecified atom stereocenters. The van der Waals surface area contributed by atoms with Gasteiger partial charge in [-0.05, 0) is 24.5 Å². The third-order valence-electron chi connectivity index (χ3n) is 3.75. The lowest BCUT2D eigenvalue weighted by atomic mass is 10.1. The Bertz CT molecular complexity index is 449. The number of carbonyl (C=O) groups is 1. The zero-order valence-corrected chi connectivity index (χ0v) is 13.3. The molecule has 1 N–H and O–H groups in total. The fourth-order valence-electron chi connectivity index (χ4n) is 2.79. The zero-order valence-electron chi connectivity index (χ0n) is 13.3. The van der Waals surface area contributed by atoms with Crippen molar-refractivity contribution in [2.75, 3.05) is 13.2 Å². The first-order valence-corrected chi connectivity index (χ1v) is 7.82. The van der Waals surface area contributed by atoms with Gasteiger partial charge in [0.15, 0.2) is 0 Å². The molecule has 0 radical (unpaired) electrons. The van der Waals surface area contributed by atoms with Gasteiger partial charge in [-0.2, -0.15) is 0 Å². The smallest absolute Gasteiger partial charge is 0.323 e. The van der Waals surface area contributed by atoms with Crippen molar-refractivity contribution in [3.63, 3.8) is 0 Å². The Labute approximate surface area is 127 Å². The van der Waals surface area contributed by atoms with Gasteiger partial charge in [-0.1, -0.05) is 38.1 Å². The molecule has 1 aliphatic rings. The molecule has 0 saturated heterocycles. The molecule has 21 heavy (non-hydrogen) atoms. The summed E-state index contributed by atoms with van der Waals surface area (Å²) in [7, 11) is 0. The van der Waals surface area contributed by atoms with Crippen LogP contribution in [0, 0.1) is 0 Å². The van der Waals surface area contributed by atoms with E-state index in [-0.39, 0.29) is 18.1 Å².